The van der Waals surface area contributed by atoms with Gasteiger partial charge in [0.05, 0.1) is 6.61 Å². The van der Waals surface area contributed by atoms with Gasteiger partial charge in [-0.15, -0.1) is 0 Å². The molecular weight excluding hydrogens is 240 g/mol. The number of primary sulfonamides is 1. The predicted molar refractivity (Wildman–Crippen MR) is 63.1 cm³/mol. The van der Waals surface area contributed by atoms with Crippen molar-refractivity contribution >= 4 is 10.0 Å². The second kappa shape index (κ2) is 5.01. The van der Waals surface area contributed by atoms with Crippen LogP contribution in [0.15, 0.2) is 23.2 Å². The van der Waals surface area contributed by atoms with Crippen molar-refractivity contribution < 1.29 is 13.2 Å². The number of rotatable bonds is 4. The molecule has 6 heteroatoms. The Morgan fingerprint density at radius 1 is 1.41 bits per heavy atom. The van der Waals surface area contributed by atoms with Gasteiger partial charge in [0.1, 0.15) is 4.90 Å². The molecule has 94 valence electrons. The molecule has 2 rings (SSSR count). The highest BCUT2D eigenvalue weighted by atomic mass is 32.2. The fraction of sp³-hybridized carbons (Fsp3) is 0.545. The largest absolute Gasteiger partial charge is 0.476 e. The molecule has 0 aliphatic heterocycles. The first-order valence-corrected chi connectivity index (χ1v) is 7.22. The Morgan fingerprint density at radius 3 is 2.76 bits per heavy atom. The van der Waals surface area contributed by atoms with E-state index in [4.69, 9.17) is 9.88 Å². The fourth-order valence-electron chi connectivity index (χ4n) is 2.07. The number of nitrogens with zero attached hydrogens (tertiary/aromatic N) is 1. The highest BCUT2D eigenvalue weighted by Gasteiger charge is 2.19. The lowest BCUT2D eigenvalue weighted by molar-refractivity contribution is 0.237. The first kappa shape index (κ1) is 12.3. The van der Waals surface area contributed by atoms with Gasteiger partial charge in [0, 0.05) is 6.20 Å². The van der Waals surface area contributed by atoms with Crippen LogP contribution < -0.4 is 9.88 Å². The summed E-state index contributed by atoms with van der Waals surface area (Å²) >= 11 is 0. The zero-order valence-electron chi connectivity index (χ0n) is 9.50. The molecule has 1 aromatic heterocycles. The molecule has 0 aromatic carbocycles. The summed E-state index contributed by atoms with van der Waals surface area (Å²) in [6.45, 7) is 0.513. The van der Waals surface area contributed by atoms with E-state index in [0.29, 0.717) is 12.5 Å². The zero-order valence-corrected chi connectivity index (χ0v) is 10.3. The van der Waals surface area contributed by atoms with Crippen molar-refractivity contribution in [3.8, 4) is 5.88 Å². The van der Waals surface area contributed by atoms with Gasteiger partial charge < -0.3 is 4.74 Å². The van der Waals surface area contributed by atoms with Crippen LogP contribution in [0, 0.1) is 5.92 Å². The number of hydrogen-bond donors (Lipinski definition) is 1. The van der Waals surface area contributed by atoms with Crippen molar-refractivity contribution in [2.75, 3.05) is 6.61 Å². The molecular formula is C11H16N2O3S. The second-order valence-electron chi connectivity index (χ2n) is 4.31. The monoisotopic (exact) mass is 256 g/mol. The van der Waals surface area contributed by atoms with Gasteiger partial charge in [-0.05, 0) is 30.9 Å². The summed E-state index contributed by atoms with van der Waals surface area (Å²) in [4.78, 5) is 3.88. The van der Waals surface area contributed by atoms with Crippen LogP contribution in [-0.2, 0) is 10.0 Å². The van der Waals surface area contributed by atoms with Gasteiger partial charge in [0.25, 0.3) is 0 Å². The number of sulfonamides is 1. The molecule has 0 atom stereocenters. The highest BCUT2D eigenvalue weighted by molar-refractivity contribution is 7.89. The Balaban J connectivity index is 2.09. The van der Waals surface area contributed by atoms with Crippen LogP contribution in [0.1, 0.15) is 25.7 Å². The molecule has 1 aliphatic rings. The lowest BCUT2D eigenvalue weighted by Crippen LogP contribution is -2.16. The van der Waals surface area contributed by atoms with Gasteiger partial charge in [-0.25, -0.2) is 18.5 Å². The SMILES string of the molecule is NS(=O)(=O)c1cccnc1OCC1CCCC1. The molecule has 1 fully saturated rings. The number of pyridine rings is 1. The summed E-state index contributed by atoms with van der Waals surface area (Å²) in [6, 6.07) is 2.94. The van der Waals surface area contributed by atoms with Crippen molar-refractivity contribution in [1.82, 2.24) is 4.98 Å². The van der Waals surface area contributed by atoms with Gasteiger partial charge in [-0.3, -0.25) is 0 Å². The lowest BCUT2D eigenvalue weighted by Gasteiger charge is -2.12. The minimum absolute atomic E-state index is 0.0435. The quantitative estimate of drug-likeness (QED) is 0.880. The van der Waals surface area contributed by atoms with E-state index >= 15 is 0 Å². The standard InChI is InChI=1S/C11H16N2O3S/c12-17(14,15)10-6-3-7-13-11(10)16-8-9-4-1-2-5-9/h3,6-7,9H,1-2,4-5,8H2,(H2,12,14,15). The predicted octanol–water partition coefficient (Wildman–Crippen LogP) is 1.30. The number of nitrogens with two attached hydrogens (primary N) is 1. The fourth-order valence-corrected chi connectivity index (χ4v) is 2.70. The maximum absolute atomic E-state index is 11.3. The van der Waals surface area contributed by atoms with Crippen LogP contribution in [0.5, 0.6) is 5.88 Å². The maximum Gasteiger partial charge on any atom is 0.243 e. The Hall–Kier alpha value is -1.14. The van der Waals surface area contributed by atoms with E-state index in [1.54, 1.807) is 0 Å². The van der Waals surface area contributed by atoms with Gasteiger partial charge in [-0.2, -0.15) is 0 Å². The molecule has 0 amide bonds. The van der Waals surface area contributed by atoms with Crippen molar-refractivity contribution in [2.45, 2.75) is 30.6 Å². The number of hydrogen-bond acceptors (Lipinski definition) is 4. The Labute approximate surface area is 101 Å². The third-order valence-electron chi connectivity index (χ3n) is 2.97. The third kappa shape index (κ3) is 3.17. The summed E-state index contributed by atoms with van der Waals surface area (Å²) in [7, 11) is -3.77. The number of ether oxygens (including phenoxy) is 1. The molecule has 5 nitrogen and oxygen atoms in total. The number of aromatic nitrogens is 1. The van der Waals surface area contributed by atoms with Crippen LogP contribution in [-0.4, -0.2) is 20.0 Å². The zero-order chi connectivity index (χ0) is 12.3. The van der Waals surface area contributed by atoms with Crippen LogP contribution in [0.4, 0.5) is 0 Å². The van der Waals surface area contributed by atoms with Crippen LogP contribution >= 0.6 is 0 Å². The molecule has 0 saturated heterocycles. The molecule has 0 spiro atoms. The lowest BCUT2D eigenvalue weighted by atomic mass is 10.1. The van der Waals surface area contributed by atoms with Gasteiger partial charge in [0.2, 0.25) is 15.9 Å². The third-order valence-corrected chi connectivity index (χ3v) is 3.90. The van der Waals surface area contributed by atoms with Crippen molar-refractivity contribution in [2.24, 2.45) is 11.1 Å². The smallest absolute Gasteiger partial charge is 0.243 e. The summed E-state index contributed by atoms with van der Waals surface area (Å²) in [5.74, 6) is 0.618. The Morgan fingerprint density at radius 2 is 2.12 bits per heavy atom. The Bertz CT molecular complexity index is 481. The molecule has 1 saturated carbocycles. The molecule has 17 heavy (non-hydrogen) atoms. The summed E-state index contributed by atoms with van der Waals surface area (Å²) in [6.07, 6.45) is 6.21. The summed E-state index contributed by atoms with van der Waals surface area (Å²) in [5, 5.41) is 5.09. The minimum atomic E-state index is -3.77. The topological polar surface area (TPSA) is 82.3 Å². The van der Waals surface area contributed by atoms with Gasteiger partial charge >= 0.3 is 0 Å². The minimum Gasteiger partial charge on any atom is -0.476 e. The van der Waals surface area contributed by atoms with E-state index in [-0.39, 0.29) is 10.8 Å². The van der Waals surface area contributed by atoms with E-state index < -0.39 is 10.0 Å². The van der Waals surface area contributed by atoms with Gasteiger partial charge in [-0.1, -0.05) is 12.8 Å². The van der Waals surface area contributed by atoms with Crippen LogP contribution in [0.25, 0.3) is 0 Å². The highest BCUT2D eigenvalue weighted by Crippen LogP contribution is 2.26. The molecule has 1 aromatic rings. The summed E-state index contributed by atoms with van der Waals surface area (Å²) in [5.41, 5.74) is 0. The molecule has 0 unspecified atom stereocenters. The normalized spacial score (nSPS) is 17.2. The van der Waals surface area contributed by atoms with E-state index in [9.17, 15) is 8.42 Å². The summed E-state index contributed by atoms with van der Waals surface area (Å²) < 4.78 is 28.1. The molecule has 1 heterocycles. The van der Waals surface area contributed by atoms with Crippen molar-refractivity contribution in [3.05, 3.63) is 18.3 Å². The first-order valence-electron chi connectivity index (χ1n) is 5.68. The van der Waals surface area contributed by atoms with E-state index in [0.717, 1.165) is 12.8 Å². The average molecular weight is 256 g/mol. The molecule has 1 aliphatic carbocycles. The van der Waals surface area contributed by atoms with Crippen LogP contribution in [0.2, 0.25) is 0 Å². The van der Waals surface area contributed by atoms with E-state index in [2.05, 4.69) is 4.98 Å². The van der Waals surface area contributed by atoms with Crippen molar-refractivity contribution in [1.29, 1.82) is 0 Å². The van der Waals surface area contributed by atoms with Crippen LogP contribution in [0.3, 0.4) is 0 Å². The van der Waals surface area contributed by atoms with Crippen molar-refractivity contribution in [3.63, 3.8) is 0 Å². The Kier molecular flexibility index (Phi) is 3.63. The molecule has 2 N–H and O–H groups in total. The first-order chi connectivity index (χ1) is 8.07. The van der Waals surface area contributed by atoms with E-state index in [1.807, 2.05) is 0 Å². The van der Waals surface area contributed by atoms with E-state index in [1.165, 1.54) is 31.2 Å². The second-order valence-corrected chi connectivity index (χ2v) is 5.84. The molecule has 0 radical (unpaired) electrons. The van der Waals surface area contributed by atoms with Gasteiger partial charge in [0.15, 0.2) is 0 Å². The maximum atomic E-state index is 11.3. The average Bonchev–Trinajstić information content (AvgIpc) is 2.78. The molecule has 0 bridgehead atoms.